The molecular formula is C10H8BrNO. The normalized spacial score (nSPS) is 10.3. The Balaban J connectivity index is 2.79. The van der Waals surface area contributed by atoms with Crippen LogP contribution in [-0.2, 0) is 0 Å². The minimum atomic E-state index is 0.853. The van der Waals surface area contributed by atoms with Crippen molar-refractivity contribution in [2.45, 2.75) is 0 Å². The molecule has 0 saturated heterocycles. The Morgan fingerprint density at radius 1 is 1.31 bits per heavy atom. The molecule has 0 fully saturated rings. The summed E-state index contributed by atoms with van der Waals surface area (Å²) >= 11 is 3.41. The molecule has 0 aliphatic carbocycles. The molecule has 2 nitrogen and oxygen atoms in total. The topological polar surface area (TPSA) is 22.1 Å². The highest BCUT2D eigenvalue weighted by Gasteiger charge is 2.01. The molecule has 1 heterocycles. The molecule has 2 rings (SSSR count). The van der Waals surface area contributed by atoms with Crippen LogP contribution in [-0.4, -0.2) is 12.1 Å². The molecule has 0 N–H and O–H groups in total. The van der Waals surface area contributed by atoms with Crippen LogP contribution in [0.25, 0.3) is 10.9 Å². The number of nitrogens with zero attached hydrogens (tertiary/aromatic N) is 1. The lowest BCUT2D eigenvalue weighted by Crippen LogP contribution is -1.86. The van der Waals surface area contributed by atoms with Gasteiger partial charge in [-0.05, 0) is 24.3 Å². The fraction of sp³-hybridized carbons (Fsp3) is 0.100. The molecule has 1 aromatic carbocycles. The van der Waals surface area contributed by atoms with Crippen LogP contribution in [0.3, 0.4) is 0 Å². The highest BCUT2D eigenvalue weighted by molar-refractivity contribution is 9.10. The number of fused-ring (bicyclic) bond motifs is 1. The predicted octanol–water partition coefficient (Wildman–Crippen LogP) is 3.01. The first-order valence-electron chi connectivity index (χ1n) is 3.89. The summed E-state index contributed by atoms with van der Waals surface area (Å²) in [7, 11) is 1.66. The molecule has 0 aliphatic heterocycles. The van der Waals surface area contributed by atoms with Gasteiger partial charge >= 0.3 is 0 Å². The molecule has 0 atom stereocenters. The molecule has 0 spiro atoms. The summed E-state index contributed by atoms with van der Waals surface area (Å²) in [4.78, 5) is 4.23. The minimum absolute atomic E-state index is 0.853. The van der Waals surface area contributed by atoms with Crippen molar-refractivity contribution in [2.75, 3.05) is 7.11 Å². The van der Waals surface area contributed by atoms with Gasteiger partial charge in [-0.25, -0.2) is 0 Å². The highest BCUT2D eigenvalue weighted by atomic mass is 79.9. The summed E-state index contributed by atoms with van der Waals surface area (Å²) < 4.78 is 6.26. The van der Waals surface area contributed by atoms with Crippen molar-refractivity contribution < 1.29 is 4.74 Å². The molecule has 0 saturated carbocycles. The summed E-state index contributed by atoms with van der Waals surface area (Å²) in [6.07, 6.45) is 1.75. The molecule has 0 radical (unpaired) electrons. The van der Waals surface area contributed by atoms with Crippen molar-refractivity contribution >= 4 is 26.8 Å². The van der Waals surface area contributed by atoms with Gasteiger partial charge in [0.25, 0.3) is 0 Å². The van der Waals surface area contributed by atoms with E-state index in [-0.39, 0.29) is 0 Å². The third-order valence-electron chi connectivity index (χ3n) is 1.88. The van der Waals surface area contributed by atoms with E-state index in [0.717, 1.165) is 21.1 Å². The average Bonchev–Trinajstić information content (AvgIpc) is 2.17. The van der Waals surface area contributed by atoms with Crippen molar-refractivity contribution in [1.82, 2.24) is 4.98 Å². The van der Waals surface area contributed by atoms with Gasteiger partial charge in [0.05, 0.1) is 12.6 Å². The smallest absolute Gasteiger partial charge is 0.129 e. The summed E-state index contributed by atoms with van der Waals surface area (Å²) in [5, 5.41) is 1.03. The van der Waals surface area contributed by atoms with Crippen molar-refractivity contribution in [3.63, 3.8) is 0 Å². The number of hydrogen-bond donors (Lipinski definition) is 0. The molecule has 2 aromatic rings. The van der Waals surface area contributed by atoms with Gasteiger partial charge in [-0.1, -0.05) is 15.9 Å². The van der Waals surface area contributed by atoms with E-state index in [1.165, 1.54) is 0 Å². The maximum Gasteiger partial charge on any atom is 0.129 e. The molecule has 0 amide bonds. The Hall–Kier alpha value is -1.09. The SMILES string of the molecule is COc1ccnc2ccc(Br)cc12. The quantitative estimate of drug-likeness (QED) is 0.761. The zero-order valence-corrected chi connectivity index (χ0v) is 8.71. The number of methoxy groups -OCH3 is 1. The summed E-state index contributed by atoms with van der Waals surface area (Å²) in [5.74, 6) is 0.853. The summed E-state index contributed by atoms with van der Waals surface area (Å²) in [6.45, 7) is 0. The van der Waals surface area contributed by atoms with Gasteiger partial charge in [0.1, 0.15) is 5.75 Å². The van der Waals surface area contributed by atoms with Crippen LogP contribution in [0.1, 0.15) is 0 Å². The Labute approximate surface area is 84.7 Å². The van der Waals surface area contributed by atoms with Crippen LogP contribution in [0, 0.1) is 0 Å². The van der Waals surface area contributed by atoms with Gasteiger partial charge in [0.2, 0.25) is 0 Å². The maximum absolute atomic E-state index is 5.22. The lowest BCUT2D eigenvalue weighted by Gasteiger charge is -2.03. The lowest BCUT2D eigenvalue weighted by atomic mass is 10.2. The van der Waals surface area contributed by atoms with Gasteiger partial charge in [-0.2, -0.15) is 0 Å². The van der Waals surface area contributed by atoms with E-state index in [2.05, 4.69) is 20.9 Å². The zero-order valence-electron chi connectivity index (χ0n) is 7.12. The Kier molecular flexibility index (Phi) is 2.19. The summed E-state index contributed by atoms with van der Waals surface area (Å²) in [5.41, 5.74) is 0.947. The minimum Gasteiger partial charge on any atom is -0.496 e. The van der Waals surface area contributed by atoms with E-state index < -0.39 is 0 Å². The van der Waals surface area contributed by atoms with E-state index in [0.29, 0.717) is 0 Å². The molecule has 0 bridgehead atoms. The first kappa shape index (κ1) is 8.51. The molecule has 0 unspecified atom stereocenters. The van der Waals surface area contributed by atoms with Gasteiger partial charge in [0.15, 0.2) is 0 Å². The van der Waals surface area contributed by atoms with Crippen LogP contribution in [0.5, 0.6) is 5.75 Å². The number of aromatic nitrogens is 1. The van der Waals surface area contributed by atoms with Crippen molar-refractivity contribution in [3.05, 3.63) is 34.9 Å². The number of pyridine rings is 1. The van der Waals surface area contributed by atoms with Crippen LogP contribution in [0.2, 0.25) is 0 Å². The van der Waals surface area contributed by atoms with Crippen molar-refractivity contribution in [1.29, 1.82) is 0 Å². The van der Waals surface area contributed by atoms with Crippen molar-refractivity contribution in [2.24, 2.45) is 0 Å². The van der Waals surface area contributed by atoms with Gasteiger partial charge < -0.3 is 4.74 Å². The van der Waals surface area contributed by atoms with E-state index >= 15 is 0 Å². The Morgan fingerprint density at radius 2 is 2.15 bits per heavy atom. The summed E-state index contributed by atoms with van der Waals surface area (Å²) in [6, 6.07) is 7.78. The van der Waals surface area contributed by atoms with Crippen LogP contribution in [0.15, 0.2) is 34.9 Å². The molecule has 13 heavy (non-hydrogen) atoms. The number of benzene rings is 1. The van der Waals surface area contributed by atoms with E-state index in [4.69, 9.17) is 4.74 Å². The second-order valence-electron chi connectivity index (χ2n) is 2.67. The molecule has 0 aliphatic rings. The zero-order chi connectivity index (χ0) is 9.26. The largest absolute Gasteiger partial charge is 0.496 e. The van der Waals surface area contributed by atoms with Gasteiger partial charge in [-0.3, -0.25) is 4.98 Å². The Bertz CT molecular complexity index is 442. The monoisotopic (exact) mass is 237 g/mol. The maximum atomic E-state index is 5.22. The van der Waals surface area contributed by atoms with Crippen LogP contribution in [0.4, 0.5) is 0 Å². The second kappa shape index (κ2) is 3.34. The molecule has 66 valence electrons. The average molecular weight is 238 g/mol. The Morgan fingerprint density at radius 3 is 2.92 bits per heavy atom. The van der Waals surface area contributed by atoms with E-state index in [1.807, 2.05) is 24.3 Å². The molecule has 3 heteroatoms. The molecular weight excluding hydrogens is 230 g/mol. The highest BCUT2D eigenvalue weighted by Crippen LogP contribution is 2.26. The lowest BCUT2D eigenvalue weighted by molar-refractivity contribution is 0.419. The first-order chi connectivity index (χ1) is 6.31. The number of rotatable bonds is 1. The number of hydrogen-bond acceptors (Lipinski definition) is 2. The predicted molar refractivity (Wildman–Crippen MR) is 56.0 cm³/mol. The van der Waals surface area contributed by atoms with Crippen LogP contribution >= 0.6 is 15.9 Å². The third kappa shape index (κ3) is 1.52. The fourth-order valence-corrected chi connectivity index (χ4v) is 1.63. The van der Waals surface area contributed by atoms with E-state index in [9.17, 15) is 0 Å². The molecule has 1 aromatic heterocycles. The van der Waals surface area contributed by atoms with Crippen molar-refractivity contribution in [3.8, 4) is 5.75 Å². The van der Waals surface area contributed by atoms with Gasteiger partial charge in [-0.15, -0.1) is 0 Å². The fourth-order valence-electron chi connectivity index (χ4n) is 1.27. The standard InChI is InChI=1S/C10H8BrNO/c1-13-10-4-5-12-9-3-2-7(11)6-8(9)10/h2-6H,1H3. The second-order valence-corrected chi connectivity index (χ2v) is 3.59. The van der Waals surface area contributed by atoms with E-state index in [1.54, 1.807) is 13.3 Å². The number of halogens is 1. The van der Waals surface area contributed by atoms with Crippen LogP contribution < -0.4 is 4.74 Å². The van der Waals surface area contributed by atoms with Gasteiger partial charge in [0, 0.05) is 16.1 Å². The number of ether oxygens (including phenoxy) is 1. The first-order valence-corrected chi connectivity index (χ1v) is 4.69. The third-order valence-corrected chi connectivity index (χ3v) is 2.38.